The van der Waals surface area contributed by atoms with Crippen molar-refractivity contribution in [2.75, 3.05) is 26.2 Å². The van der Waals surface area contributed by atoms with E-state index in [0.717, 1.165) is 51.4 Å². The van der Waals surface area contributed by atoms with Crippen molar-refractivity contribution in [1.29, 1.82) is 0 Å². The van der Waals surface area contributed by atoms with Gasteiger partial charge in [-0.2, -0.15) is 0 Å². The number of benzene rings is 1. The quantitative estimate of drug-likeness (QED) is 0.354. The first-order chi connectivity index (χ1) is 12.5. The molecule has 1 heterocycles. The second-order valence-electron chi connectivity index (χ2n) is 7.25. The zero-order valence-corrected chi connectivity index (χ0v) is 19.5. The van der Waals surface area contributed by atoms with Crippen molar-refractivity contribution in [3.05, 3.63) is 35.4 Å². The van der Waals surface area contributed by atoms with Gasteiger partial charge in [-0.3, -0.25) is 9.79 Å². The molecule has 1 aromatic rings. The molecular weight excluding hydrogens is 451 g/mol. The Morgan fingerprint density at radius 1 is 1.22 bits per heavy atom. The molecule has 2 rings (SSSR count). The molecule has 1 fully saturated rings. The standard InChI is InChI=1S/C21H34N4O.HI/c1-5-17-7-9-18(10-8-17)11-13-23-21(22-6-2)24-19-12-14-25(15-19)20(26)16(3)4;/h7-10,16,19H,5-6,11-15H2,1-4H3,(H2,22,23,24);1H. The van der Waals surface area contributed by atoms with Crippen LogP contribution in [0.25, 0.3) is 0 Å². The van der Waals surface area contributed by atoms with Crippen LogP contribution in [0.4, 0.5) is 0 Å². The van der Waals surface area contributed by atoms with Crippen LogP contribution in [-0.2, 0) is 17.6 Å². The second-order valence-corrected chi connectivity index (χ2v) is 7.25. The number of hydrogen-bond acceptors (Lipinski definition) is 2. The van der Waals surface area contributed by atoms with Gasteiger partial charge < -0.3 is 15.5 Å². The van der Waals surface area contributed by atoms with Gasteiger partial charge in [0, 0.05) is 38.1 Å². The van der Waals surface area contributed by atoms with Gasteiger partial charge in [-0.1, -0.05) is 45.0 Å². The summed E-state index contributed by atoms with van der Waals surface area (Å²) in [5.74, 6) is 1.16. The molecule has 1 aliphatic heterocycles. The summed E-state index contributed by atoms with van der Waals surface area (Å²) in [7, 11) is 0. The molecule has 6 heteroatoms. The summed E-state index contributed by atoms with van der Waals surface area (Å²) in [6, 6.07) is 9.06. The van der Waals surface area contributed by atoms with E-state index in [-0.39, 0.29) is 41.8 Å². The minimum atomic E-state index is 0. The van der Waals surface area contributed by atoms with Crippen LogP contribution in [0.3, 0.4) is 0 Å². The third kappa shape index (κ3) is 7.68. The number of carbonyl (C=O) groups excluding carboxylic acids is 1. The third-order valence-electron chi connectivity index (χ3n) is 4.78. The fourth-order valence-electron chi connectivity index (χ4n) is 3.20. The van der Waals surface area contributed by atoms with E-state index in [4.69, 9.17) is 4.99 Å². The summed E-state index contributed by atoms with van der Waals surface area (Å²) >= 11 is 0. The summed E-state index contributed by atoms with van der Waals surface area (Å²) in [5, 5.41) is 6.81. The Bertz CT molecular complexity index is 601. The van der Waals surface area contributed by atoms with Crippen molar-refractivity contribution in [1.82, 2.24) is 15.5 Å². The topological polar surface area (TPSA) is 56.7 Å². The summed E-state index contributed by atoms with van der Waals surface area (Å²) in [4.78, 5) is 18.8. The van der Waals surface area contributed by atoms with E-state index in [1.165, 1.54) is 11.1 Å². The van der Waals surface area contributed by atoms with Crippen LogP contribution in [0, 0.1) is 5.92 Å². The summed E-state index contributed by atoms with van der Waals surface area (Å²) in [6.45, 7) is 11.3. The lowest BCUT2D eigenvalue weighted by Gasteiger charge is -2.20. The molecule has 0 bridgehead atoms. The van der Waals surface area contributed by atoms with Crippen LogP contribution < -0.4 is 10.6 Å². The Kier molecular flexibility index (Phi) is 10.7. The number of amides is 1. The molecular formula is C21H35IN4O. The van der Waals surface area contributed by atoms with Crippen molar-refractivity contribution in [3.8, 4) is 0 Å². The molecule has 27 heavy (non-hydrogen) atoms. The number of hydrogen-bond donors (Lipinski definition) is 2. The van der Waals surface area contributed by atoms with Gasteiger partial charge in [0.05, 0.1) is 0 Å². The number of nitrogens with one attached hydrogen (secondary N) is 2. The first kappa shape index (κ1) is 23.7. The Balaban J connectivity index is 0.00000364. The van der Waals surface area contributed by atoms with Crippen molar-refractivity contribution in [2.45, 2.75) is 53.0 Å². The molecule has 1 aromatic carbocycles. The van der Waals surface area contributed by atoms with Gasteiger partial charge in [-0.05, 0) is 37.3 Å². The smallest absolute Gasteiger partial charge is 0.225 e. The van der Waals surface area contributed by atoms with E-state index in [2.05, 4.69) is 48.7 Å². The predicted octanol–water partition coefficient (Wildman–Crippen LogP) is 3.22. The highest BCUT2D eigenvalue weighted by atomic mass is 127. The van der Waals surface area contributed by atoms with Crippen LogP contribution >= 0.6 is 24.0 Å². The zero-order chi connectivity index (χ0) is 18.9. The molecule has 2 N–H and O–H groups in total. The number of rotatable bonds is 7. The molecule has 1 atom stereocenters. The Hall–Kier alpha value is -1.31. The normalized spacial score (nSPS) is 17.0. The maximum absolute atomic E-state index is 12.1. The van der Waals surface area contributed by atoms with Gasteiger partial charge in [0.25, 0.3) is 0 Å². The first-order valence-electron chi connectivity index (χ1n) is 9.94. The molecule has 1 unspecified atom stereocenters. The molecule has 1 amide bonds. The molecule has 152 valence electrons. The molecule has 0 spiro atoms. The molecule has 1 saturated heterocycles. The SMILES string of the molecule is CCNC(=NCCc1ccc(CC)cc1)NC1CCN(C(=O)C(C)C)C1.I. The largest absolute Gasteiger partial charge is 0.357 e. The number of halogens is 1. The van der Waals surface area contributed by atoms with E-state index in [0.29, 0.717) is 0 Å². The maximum atomic E-state index is 12.1. The lowest BCUT2D eigenvalue weighted by atomic mass is 10.1. The predicted molar refractivity (Wildman–Crippen MR) is 124 cm³/mol. The molecule has 0 aliphatic carbocycles. The molecule has 0 radical (unpaired) electrons. The number of nitrogens with zero attached hydrogens (tertiary/aromatic N) is 2. The van der Waals surface area contributed by atoms with Crippen LogP contribution in [0.15, 0.2) is 29.3 Å². The Morgan fingerprint density at radius 2 is 1.89 bits per heavy atom. The van der Waals surface area contributed by atoms with E-state index in [9.17, 15) is 4.79 Å². The number of likely N-dealkylation sites (tertiary alicyclic amines) is 1. The van der Waals surface area contributed by atoms with Crippen LogP contribution in [-0.4, -0.2) is 49.0 Å². The first-order valence-corrected chi connectivity index (χ1v) is 9.94. The highest BCUT2D eigenvalue weighted by molar-refractivity contribution is 14.0. The molecule has 1 aliphatic rings. The highest BCUT2D eigenvalue weighted by Gasteiger charge is 2.27. The van der Waals surface area contributed by atoms with Crippen LogP contribution in [0.2, 0.25) is 0 Å². The minimum Gasteiger partial charge on any atom is -0.357 e. The molecule has 0 saturated carbocycles. The Morgan fingerprint density at radius 3 is 2.48 bits per heavy atom. The fraction of sp³-hybridized carbons (Fsp3) is 0.619. The van der Waals surface area contributed by atoms with Crippen molar-refractivity contribution < 1.29 is 4.79 Å². The fourth-order valence-corrected chi connectivity index (χ4v) is 3.20. The number of aryl methyl sites for hydroxylation is 1. The third-order valence-corrected chi connectivity index (χ3v) is 4.78. The Labute approximate surface area is 181 Å². The maximum Gasteiger partial charge on any atom is 0.225 e. The average molecular weight is 486 g/mol. The monoisotopic (exact) mass is 486 g/mol. The van der Waals surface area contributed by atoms with Gasteiger partial charge >= 0.3 is 0 Å². The zero-order valence-electron chi connectivity index (χ0n) is 17.1. The van der Waals surface area contributed by atoms with Gasteiger partial charge in [0.15, 0.2) is 5.96 Å². The minimum absolute atomic E-state index is 0. The van der Waals surface area contributed by atoms with E-state index >= 15 is 0 Å². The van der Waals surface area contributed by atoms with Crippen LogP contribution in [0.5, 0.6) is 0 Å². The molecule has 0 aromatic heterocycles. The average Bonchev–Trinajstić information content (AvgIpc) is 3.10. The van der Waals surface area contributed by atoms with Gasteiger partial charge in [-0.25, -0.2) is 0 Å². The lowest BCUT2D eigenvalue weighted by molar-refractivity contribution is -0.133. The summed E-state index contributed by atoms with van der Waals surface area (Å²) < 4.78 is 0. The van der Waals surface area contributed by atoms with Crippen molar-refractivity contribution in [2.24, 2.45) is 10.9 Å². The summed E-state index contributed by atoms with van der Waals surface area (Å²) in [5.41, 5.74) is 2.69. The second kappa shape index (κ2) is 12.2. The summed E-state index contributed by atoms with van der Waals surface area (Å²) in [6.07, 6.45) is 2.98. The lowest BCUT2D eigenvalue weighted by Crippen LogP contribution is -2.45. The van der Waals surface area contributed by atoms with E-state index in [1.54, 1.807) is 0 Å². The number of aliphatic imine (C=N–C) groups is 1. The van der Waals surface area contributed by atoms with Crippen molar-refractivity contribution in [3.63, 3.8) is 0 Å². The van der Waals surface area contributed by atoms with E-state index in [1.807, 2.05) is 18.7 Å². The van der Waals surface area contributed by atoms with Gasteiger partial charge in [0.1, 0.15) is 0 Å². The van der Waals surface area contributed by atoms with Crippen molar-refractivity contribution >= 4 is 35.8 Å². The number of carbonyl (C=O) groups is 1. The van der Waals surface area contributed by atoms with Gasteiger partial charge in [0.2, 0.25) is 5.91 Å². The number of guanidine groups is 1. The van der Waals surface area contributed by atoms with Gasteiger partial charge in [-0.15, -0.1) is 24.0 Å². The van der Waals surface area contributed by atoms with E-state index < -0.39 is 0 Å². The van der Waals surface area contributed by atoms with Crippen LogP contribution in [0.1, 0.15) is 45.2 Å². The highest BCUT2D eigenvalue weighted by Crippen LogP contribution is 2.12. The molecule has 5 nitrogen and oxygen atoms in total.